The lowest BCUT2D eigenvalue weighted by Crippen LogP contribution is -2.36. The van der Waals surface area contributed by atoms with Crippen LogP contribution < -0.4 is 10.6 Å². The highest BCUT2D eigenvalue weighted by atomic mass is 16.2. The van der Waals surface area contributed by atoms with Gasteiger partial charge in [-0.15, -0.1) is 0 Å². The molecule has 2 amide bonds. The number of hydrogen-bond acceptors (Lipinski definition) is 7. The van der Waals surface area contributed by atoms with E-state index in [1.807, 2.05) is 19.1 Å². The number of allylic oxidation sites excluding steroid dienone is 1. The lowest BCUT2D eigenvalue weighted by atomic mass is 10.0. The monoisotopic (exact) mass is 443 g/mol. The average Bonchev–Trinajstić information content (AvgIpc) is 3.47. The third-order valence-electron chi connectivity index (χ3n) is 5.42. The van der Waals surface area contributed by atoms with Crippen LogP contribution in [-0.4, -0.2) is 67.8 Å². The summed E-state index contributed by atoms with van der Waals surface area (Å²) < 4.78 is 0. The van der Waals surface area contributed by atoms with Crippen LogP contribution in [0, 0.1) is 0 Å². The molecule has 11 nitrogen and oxygen atoms in total. The molecule has 1 aliphatic heterocycles. The number of hydrogen-bond donors (Lipinski definition) is 4. The molecule has 4 aromatic heterocycles. The quantitative estimate of drug-likeness (QED) is 0.368. The van der Waals surface area contributed by atoms with Crippen molar-refractivity contribution in [1.82, 2.24) is 40.8 Å². The highest BCUT2D eigenvalue weighted by molar-refractivity contribution is 6.12. The molecule has 0 saturated carbocycles. The van der Waals surface area contributed by atoms with Crippen LogP contribution in [0.5, 0.6) is 0 Å². The molecular weight excluding hydrogens is 422 g/mol. The molecule has 4 aromatic rings. The molecule has 5 rings (SSSR count). The molecule has 1 aliphatic rings. The summed E-state index contributed by atoms with van der Waals surface area (Å²) >= 11 is 0. The minimum absolute atomic E-state index is 0.0204. The van der Waals surface area contributed by atoms with Crippen LogP contribution in [0.3, 0.4) is 0 Å². The largest absolute Gasteiger partial charge is 0.355 e. The molecule has 1 atom stereocenters. The van der Waals surface area contributed by atoms with Gasteiger partial charge in [-0.25, -0.2) is 15.0 Å². The Kier molecular flexibility index (Phi) is 5.13. The van der Waals surface area contributed by atoms with Crippen LogP contribution in [0.2, 0.25) is 0 Å². The Hall–Kier alpha value is -4.41. The molecular formula is C22H21N9O2. The number of dihydropyridines is 1. The van der Waals surface area contributed by atoms with Gasteiger partial charge < -0.3 is 15.6 Å². The Labute approximate surface area is 187 Å². The number of aromatic nitrogens is 6. The van der Waals surface area contributed by atoms with Crippen LogP contribution in [0.15, 0.2) is 35.6 Å². The maximum atomic E-state index is 12.2. The summed E-state index contributed by atoms with van der Waals surface area (Å²) in [5, 5.41) is 13.6. The van der Waals surface area contributed by atoms with Crippen molar-refractivity contribution in [3.8, 4) is 11.5 Å². The third-order valence-corrected chi connectivity index (χ3v) is 5.42. The zero-order valence-electron chi connectivity index (χ0n) is 18.0. The number of nitrogens with one attached hydrogen (secondary N) is 4. The van der Waals surface area contributed by atoms with Crippen molar-refractivity contribution in [1.29, 1.82) is 0 Å². The topological polar surface area (TPSA) is 154 Å². The maximum Gasteiger partial charge on any atom is 0.253 e. The van der Waals surface area contributed by atoms with E-state index in [1.165, 1.54) is 0 Å². The number of rotatable bonds is 5. The van der Waals surface area contributed by atoms with Gasteiger partial charge in [-0.05, 0) is 17.7 Å². The molecule has 4 N–H and O–H groups in total. The van der Waals surface area contributed by atoms with E-state index in [-0.39, 0.29) is 17.9 Å². The lowest BCUT2D eigenvalue weighted by molar-refractivity contribution is -0.121. The van der Waals surface area contributed by atoms with Gasteiger partial charge in [0.2, 0.25) is 5.91 Å². The number of H-pyrrole nitrogens is 2. The van der Waals surface area contributed by atoms with Gasteiger partial charge in [-0.2, -0.15) is 5.10 Å². The van der Waals surface area contributed by atoms with Gasteiger partial charge in [-0.3, -0.25) is 19.7 Å². The summed E-state index contributed by atoms with van der Waals surface area (Å²) in [5.74, 6) is 0.243. The second kappa shape index (κ2) is 8.26. The van der Waals surface area contributed by atoms with Crippen LogP contribution in [0.4, 0.5) is 0 Å². The summed E-state index contributed by atoms with van der Waals surface area (Å²) in [6.07, 6.45) is 7.44. The fourth-order valence-corrected chi connectivity index (χ4v) is 3.74. The van der Waals surface area contributed by atoms with E-state index >= 15 is 0 Å². The first kappa shape index (κ1) is 20.5. The molecule has 0 spiro atoms. The number of imidazole rings is 1. The molecule has 166 valence electrons. The normalized spacial score (nSPS) is 15.6. The Bertz CT molecular complexity index is 1450. The van der Waals surface area contributed by atoms with Crippen LogP contribution in [0.1, 0.15) is 29.3 Å². The van der Waals surface area contributed by atoms with E-state index in [1.54, 1.807) is 31.7 Å². The second-order valence-corrected chi connectivity index (χ2v) is 7.56. The fourth-order valence-electron chi connectivity index (χ4n) is 3.74. The summed E-state index contributed by atoms with van der Waals surface area (Å²) in [6.45, 7) is 2.32. The van der Waals surface area contributed by atoms with Crippen molar-refractivity contribution < 1.29 is 9.59 Å². The average molecular weight is 443 g/mol. The van der Waals surface area contributed by atoms with Crippen LogP contribution in [0.25, 0.3) is 39.3 Å². The van der Waals surface area contributed by atoms with Crippen molar-refractivity contribution in [3.63, 3.8) is 0 Å². The number of carbonyl (C=O) groups excluding carboxylic acids is 2. The van der Waals surface area contributed by atoms with Gasteiger partial charge >= 0.3 is 0 Å². The van der Waals surface area contributed by atoms with E-state index < -0.39 is 0 Å². The van der Waals surface area contributed by atoms with Crippen molar-refractivity contribution in [2.75, 3.05) is 13.6 Å². The van der Waals surface area contributed by atoms with Crippen molar-refractivity contribution >= 4 is 45.8 Å². The lowest BCUT2D eigenvalue weighted by Gasteiger charge is -2.17. The molecule has 0 aromatic carbocycles. The molecule has 0 aliphatic carbocycles. The molecule has 0 saturated heterocycles. The fraction of sp³-hybridized carbons (Fsp3) is 0.227. The summed E-state index contributed by atoms with van der Waals surface area (Å²) in [4.78, 5) is 44.8. The highest BCUT2D eigenvalue weighted by Gasteiger charge is 2.19. The Morgan fingerprint density at radius 1 is 1.24 bits per heavy atom. The highest BCUT2D eigenvalue weighted by Crippen LogP contribution is 2.28. The predicted octanol–water partition coefficient (Wildman–Crippen LogP) is 1.62. The van der Waals surface area contributed by atoms with Gasteiger partial charge in [0.05, 0.1) is 29.1 Å². The van der Waals surface area contributed by atoms with Crippen LogP contribution in [-0.2, 0) is 4.79 Å². The third kappa shape index (κ3) is 3.73. The molecule has 0 bridgehead atoms. The van der Waals surface area contributed by atoms with Gasteiger partial charge in [0.1, 0.15) is 5.69 Å². The second-order valence-electron chi connectivity index (χ2n) is 7.56. The predicted molar refractivity (Wildman–Crippen MR) is 124 cm³/mol. The minimum Gasteiger partial charge on any atom is -0.355 e. The van der Waals surface area contributed by atoms with Crippen molar-refractivity contribution in [2.45, 2.75) is 19.4 Å². The number of carbonyl (C=O) groups is 2. The molecule has 11 heteroatoms. The number of nitrogens with zero attached hydrogens (tertiary/aromatic N) is 5. The minimum atomic E-state index is -0.232. The van der Waals surface area contributed by atoms with Crippen molar-refractivity contribution in [3.05, 3.63) is 41.7 Å². The first-order valence-electron chi connectivity index (χ1n) is 10.5. The van der Waals surface area contributed by atoms with E-state index in [2.05, 4.69) is 45.8 Å². The number of pyridine rings is 2. The van der Waals surface area contributed by atoms with E-state index in [9.17, 15) is 9.59 Å². The van der Waals surface area contributed by atoms with Gasteiger partial charge in [0.15, 0.2) is 17.1 Å². The standard InChI is InChI=1S/C22H21N9O2/c1-3-16(32)27-13-6-11(8-24-10-13)12-7-15-18(30-31-19(15)26-9-12)21-28-17-14(22(33)23-2)4-5-25-20(17)29-21/h4-9,13H,3,10H2,1-2H3,(H,23,33)(H,27,32)(H,25,28,29)(H,26,30,31). The molecule has 0 radical (unpaired) electrons. The molecule has 1 unspecified atom stereocenters. The Morgan fingerprint density at radius 2 is 2.12 bits per heavy atom. The first-order chi connectivity index (χ1) is 16.1. The first-order valence-corrected chi connectivity index (χ1v) is 10.5. The SMILES string of the molecule is CCC(=O)NC1C=C(c2cnc3n[nH]c(-c4nc5nccc(C(=O)NC)c5[nH]4)c3c2)C=NC1. The maximum absolute atomic E-state index is 12.2. The van der Waals surface area contributed by atoms with E-state index in [4.69, 9.17) is 0 Å². The van der Waals surface area contributed by atoms with E-state index in [0.29, 0.717) is 46.9 Å². The molecule has 5 heterocycles. The number of amides is 2. The van der Waals surface area contributed by atoms with Crippen molar-refractivity contribution in [2.24, 2.45) is 4.99 Å². The molecule has 33 heavy (non-hydrogen) atoms. The van der Waals surface area contributed by atoms with Gasteiger partial charge in [-0.1, -0.05) is 13.0 Å². The Balaban J connectivity index is 1.55. The number of aliphatic imine (C=N–C) groups is 1. The Morgan fingerprint density at radius 3 is 2.94 bits per heavy atom. The number of fused-ring (bicyclic) bond motifs is 2. The van der Waals surface area contributed by atoms with Gasteiger partial charge in [0, 0.05) is 37.6 Å². The zero-order valence-corrected chi connectivity index (χ0v) is 18.0. The zero-order chi connectivity index (χ0) is 22.9. The summed E-state index contributed by atoms with van der Waals surface area (Å²) in [7, 11) is 1.57. The molecule has 0 fully saturated rings. The van der Waals surface area contributed by atoms with Crippen LogP contribution >= 0.6 is 0 Å². The summed E-state index contributed by atoms with van der Waals surface area (Å²) in [6, 6.07) is 3.42. The van der Waals surface area contributed by atoms with E-state index in [0.717, 1.165) is 16.5 Å². The van der Waals surface area contributed by atoms with Gasteiger partial charge in [0.25, 0.3) is 5.91 Å². The number of aromatic amines is 2. The summed E-state index contributed by atoms with van der Waals surface area (Å²) in [5.41, 5.74) is 4.27. The smallest absolute Gasteiger partial charge is 0.253 e.